The van der Waals surface area contributed by atoms with Gasteiger partial charge in [-0.3, -0.25) is 4.98 Å². The van der Waals surface area contributed by atoms with Crippen molar-refractivity contribution in [2.24, 2.45) is 0 Å². The molecule has 0 unspecified atom stereocenters. The number of carbonyl (C=O) groups excluding carboxylic acids is 1. The molecule has 0 amide bonds. The molecule has 0 N–H and O–H groups in total. The van der Waals surface area contributed by atoms with Crippen LogP contribution in [0.3, 0.4) is 0 Å². The molecule has 0 aliphatic heterocycles. The fraction of sp³-hybridized carbons (Fsp3) is 0.167. The predicted octanol–water partition coefficient (Wildman–Crippen LogP) is 1.26. The molecule has 2 aromatic rings. The Labute approximate surface area is 103 Å². The standard InChI is InChI=1S/C12H10N4O2/c1-18-12(17)11-8-10(15-16(11)7-4-13)9-2-5-14-6-3-9/h2-3,5-6,8H,7H2,1H3. The second-order valence-corrected chi connectivity index (χ2v) is 3.46. The van der Waals surface area contributed by atoms with E-state index >= 15 is 0 Å². The summed E-state index contributed by atoms with van der Waals surface area (Å²) in [6.07, 6.45) is 3.27. The third-order valence-electron chi connectivity index (χ3n) is 2.37. The first kappa shape index (κ1) is 11.8. The summed E-state index contributed by atoms with van der Waals surface area (Å²) in [5.41, 5.74) is 1.69. The lowest BCUT2D eigenvalue weighted by Gasteiger charge is -1.99. The first-order valence-corrected chi connectivity index (χ1v) is 5.19. The highest BCUT2D eigenvalue weighted by molar-refractivity contribution is 5.89. The zero-order valence-corrected chi connectivity index (χ0v) is 9.70. The molecule has 0 atom stereocenters. The highest BCUT2D eigenvalue weighted by Gasteiger charge is 2.16. The molecule has 0 spiro atoms. The van der Waals surface area contributed by atoms with E-state index in [0.717, 1.165) is 5.56 Å². The van der Waals surface area contributed by atoms with Gasteiger partial charge >= 0.3 is 5.97 Å². The number of nitriles is 1. The Bertz CT molecular complexity index is 598. The third kappa shape index (κ3) is 2.20. The van der Waals surface area contributed by atoms with Crippen molar-refractivity contribution in [3.8, 4) is 17.3 Å². The largest absolute Gasteiger partial charge is 0.464 e. The highest BCUT2D eigenvalue weighted by Crippen LogP contribution is 2.18. The van der Waals surface area contributed by atoms with Gasteiger partial charge in [-0.05, 0) is 18.2 Å². The molecule has 0 saturated heterocycles. The Morgan fingerprint density at radius 1 is 1.50 bits per heavy atom. The zero-order valence-electron chi connectivity index (χ0n) is 9.70. The van der Waals surface area contributed by atoms with Crippen LogP contribution in [0, 0.1) is 11.3 Å². The van der Waals surface area contributed by atoms with E-state index in [9.17, 15) is 4.79 Å². The van der Waals surface area contributed by atoms with Gasteiger partial charge in [-0.15, -0.1) is 0 Å². The quantitative estimate of drug-likeness (QED) is 0.757. The first-order valence-electron chi connectivity index (χ1n) is 5.19. The Morgan fingerprint density at radius 2 is 2.22 bits per heavy atom. The average Bonchev–Trinajstić information content (AvgIpc) is 2.83. The Morgan fingerprint density at radius 3 is 2.83 bits per heavy atom. The van der Waals surface area contributed by atoms with Crippen molar-refractivity contribution in [1.82, 2.24) is 14.8 Å². The van der Waals surface area contributed by atoms with Gasteiger partial charge in [-0.1, -0.05) is 0 Å². The van der Waals surface area contributed by atoms with Crippen LogP contribution in [0.1, 0.15) is 10.5 Å². The summed E-state index contributed by atoms with van der Waals surface area (Å²) in [4.78, 5) is 15.5. The van der Waals surface area contributed by atoms with Crippen LogP contribution < -0.4 is 0 Å². The van der Waals surface area contributed by atoms with E-state index in [1.165, 1.54) is 11.8 Å². The van der Waals surface area contributed by atoms with Crippen molar-refractivity contribution in [1.29, 1.82) is 5.26 Å². The molecule has 6 nitrogen and oxygen atoms in total. The molecule has 0 fully saturated rings. The normalized spacial score (nSPS) is 9.78. The number of pyridine rings is 1. The van der Waals surface area contributed by atoms with Gasteiger partial charge in [-0.2, -0.15) is 10.4 Å². The Balaban J connectivity index is 2.46. The van der Waals surface area contributed by atoms with E-state index in [1.54, 1.807) is 30.6 Å². The molecule has 18 heavy (non-hydrogen) atoms. The molecule has 0 bridgehead atoms. The fourth-order valence-corrected chi connectivity index (χ4v) is 1.54. The molecular weight excluding hydrogens is 232 g/mol. The van der Waals surface area contributed by atoms with Gasteiger partial charge in [0.05, 0.1) is 18.9 Å². The predicted molar refractivity (Wildman–Crippen MR) is 62.4 cm³/mol. The smallest absolute Gasteiger partial charge is 0.356 e. The lowest BCUT2D eigenvalue weighted by atomic mass is 10.2. The second kappa shape index (κ2) is 5.10. The van der Waals surface area contributed by atoms with E-state index < -0.39 is 5.97 Å². The van der Waals surface area contributed by atoms with E-state index in [2.05, 4.69) is 14.8 Å². The molecule has 0 radical (unpaired) electrons. The summed E-state index contributed by atoms with van der Waals surface area (Å²) in [7, 11) is 1.29. The summed E-state index contributed by atoms with van der Waals surface area (Å²) >= 11 is 0. The van der Waals surface area contributed by atoms with Gasteiger partial charge in [-0.25, -0.2) is 9.48 Å². The number of nitrogens with zero attached hydrogens (tertiary/aromatic N) is 4. The van der Waals surface area contributed by atoms with Gasteiger partial charge in [0.1, 0.15) is 12.2 Å². The first-order chi connectivity index (χ1) is 8.76. The lowest BCUT2D eigenvalue weighted by Crippen LogP contribution is -2.11. The van der Waals surface area contributed by atoms with Crippen molar-refractivity contribution in [2.75, 3.05) is 7.11 Å². The topological polar surface area (TPSA) is 80.8 Å². The number of rotatable bonds is 3. The van der Waals surface area contributed by atoms with Crippen LogP contribution >= 0.6 is 0 Å². The van der Waals surface area contributed by atoms with E-state index in [-0.39, 0.29) is 12.2 Å². The molecular formula is C12H10N4O2. The Kier molecular flexibility index (Phi) is 3.34. The van der Waals surface area contributed by atoms with Gasteiger partial charge in [0.15, 0.2) is 0 Å². The monoisotopic (exact) mass is 242 g/mol. The summed E-state index contributed by atoms with van der Waals surface area (Å²) in [5.74, 6) is -0.516. The maximum Gasteiger partial charge on any atom is 0.356 e. The molecule has 0 aliphatic carbocycles. The second-order valence-electron chi connectivity index (χ2n) is 3.46. The van der Waals surface area contributed by atoms with Gasteiger partial charge in [0.25, 0.3) is 0 Å². The number of hydrogen-bond donors (Lipinski definition) is 0. The summed E-state index contributed by atoms with van der Waals surface area (Å²) < 4.78 is 5.97. The lowest BCUT2D eigenvalue weighted by molar-refractivity contribution is 0.0587. The van der Waals surface area contributed by atoms with Crippen LogP contribution in [-0.4, -0.2) is 27.8 Å². The number of aromatic nitrogens is 3. The summed E-state index contributed by atoms with van der Waals surface area (Å²) in [6, 6.07) is 7.10. The minimum atomic E-state index is -0.516. The molecule has 2 aromatic heterocycles. The zero-order chi connectivity index (χ0) is 13.0. The van der Waals surface area contributed by atoms with Crippen molar-refractivity contribution in [3.63, 3.8) is 0 Å². The minimum Gasteiger partial charge on any atom is -0.464 e. The van der Waals surface area contributed by atoms with Gasteiger partial charge in [0.2, 0.25) is 0 Å². The van der Waals surface area contributed by atoms with Crippen LogP contribution in [-0.2, 0) is 11.3 Å². The number of methoxy groups -OCH3 is 1. The van der Waals surface area contributed by atoms with Crippen molar-refractivity contribution < 1.29 is 9.53 Å². The SMILES string of the molecule is COC(=O)c1cc(-c2ccncc2)nn1CC#N. The van der Waals surface area contributed by atoms with Crippen molar-refractivity contribution >= 4 is 5.97 Å². The van der Waals surface area contributed by atoms with Crippen molar-refractivity contribution in [2.45, 2.75) is 6.54 Å². The van der Waals surface area contributed by atoms with Crippen molar-refractivity contribution in [3.05, 3.63) is 36.3 Å². The molecule has 0 aliphatic rings. The third-order valence-corrected chi connectivity index (χ3v) is 2.37. The number of carbonyl (C=O) groups is 1. The molecule has 0 saturated carbocycles. The van der Waals surface area contributed by atoms with Crippen LogP contribution in [0.4, 0.5) is 0 Å². The van der Waals surface area contributed by atoms with E-state index in [1.807, 2.05) is 6.07 Å². The average molecular weight is 242 g/mol. The van der Waals surface area contributed by atoms with E-state index in [4.69, 9.17) is 5.26 Å². The Hall–Kier alpha value is -2.68. The molecule has 0 aromatic carbocycles. The molecule has 2 rings (SSSR count). The van der Waals surface area contributed by atoms with Gasteiger partial charge < -0.3 is 4.74 Å². The fourth-order valence-electron chi connectivity index (χ4n) is 1.54. The number of hydrogen-bond acceptors (Lipinski definition) is 5. The summed E-state index contributed by atoms with van der Waals surface area (Å²) in [5, 5.41) is 12.9. The molecule has 6 heteroatoms. The number of esters is 1. The summed E-state index contributed by atoms with van der Waals surface area (Å²) in [6.45, 7) is -0.00445. The number of ether oxygens (including phenoxy) is 1. The highest BCUT2D eigenvalue weighted by atomic mass is 16.5. The van der Waals surface area contributed by atoms with E-state index in [0.29, 0.717) is 5.69 Å². The van der Waals surface area contributed by atoms with Crippen LogP contribution in [0.15, 0.2) is 30.6 Å². The maximum atomic E-state index is 11.5. The minimum absolute atomic E-state index is 0.00445. The molecule has 90 valence electrons. The molecule has 2 heterocycles. The van der Waals surface area contributed by atoms with Crippen LogP contribution in [0.25, 0.3) is 11.3 Å². The van der Waals surface area contributed by atoms with Crippen LogP contribution in [0.2, 0.25) is 0 Å². The van der Waals surface area contributed by atoms with Crippen LogP contribution in [0.5, 0.6) is 0 Å². The maximum absolute atomic E-state index is 11.5. The van der Waals surface area contributed by atoms with Gasteiger partial charge in [0, 0.05) is 18.0 Å².